The summed E-state index contributed by atoms with van der Waals surface area (Å²) in [7, 11) is 0. The Balaban J connectivity index is 5.84. The van der Waals surface area contributed by atoms with Crippen LogP contribution in [0.4, 0.5) is 57.1 Å². The molecule has 0 heterocycles. The highest BCUT2D eigenvalue weighted by Crippen LogP contribution is 2.60. The lowest BCUT2D eigenvalue weighted by molar-refractivity contribution is -0.440. The zero-order chi connectivity index (χ0) is 23.7. The average molecular weight is 462 g/mol. The van der Waals surface area contributed by atoms with Crippen LogP contribution in [-0.2, 0) is 9.53 Å². The Morgan fingerprint density at radius 3 is 1.55 bits per heavy atom. The number of carbonyl (C=O) groups is 1. The fourth-order valence-electron chi connectivity index (χ4n) is 1.86. The van der Waals surface area contributed by atoms with Gasteiger partial charge in [-0.3, -0.25) is 4.79 Å². The molecule has 0 saturated carbocycles. The molecule has 0 aromatic heterocycles. The summed E-state index contributed by atoms with van der Waals surface area (Å²) in [6, 6.07) is 0. The highest BCUT2D eigenvalue weighted by molar-refractivity contribution is 5.72. The number of alkyl halides is 13. The predicted octanol–water partition coefficient (Wildman–Crippen LogP) is 6.09. The van der Waals surface area contributed by atoms with E-state index in [0.717, 1.165) is 0 Å². The summed E-state index contributed by atoms with van der Waals surface area (Å²) in [6.07, 6.45) is -9.41. The molecule has 0 aromatic carbocycles. The largest absolute Gasteiger partial charge is 0.465 e. The lowest BCUT2D eigenvalue weighted by Gasteiger charge is -2.40. The van der Waals surface area contributed by atoms with Crippen molar-refractivity contribution in [2.45, 2.75) is 68.9 Å². The number of unbranched alkanes of at least 4 members (excludes halogenated alkanes) is 1. The number of rotatable bonds is 10. The van der Waals surface area contributed by atoms with Crippen LogP contribution < -0.4 is 0 Å². The predicted molar refractivity (Wildman–Crippen MR) is 70.4 cm³/mol. The first-order valence-electron chi connectivity index (χ1n) is 7.74. The highest BCUT2D eigenvalue weighted by Gasteiger charge is 2.90. The van der Waals surface area contributed by atoms with E-state index in [-0.39, 0.29) is 13.0 Å². The van der Waals surface area contributed by atoms with Crippen LogP contribution in [0.1, 0.15) is 33.1 Å². The van der Waals surface area contributed by atoms with E-state index in [4.69, 9.17) is 0 Å². The summed E-state index contributed by atoms with van der Waals surface area (Å²) in [6.45, 7) is 1.68. The van der Waals surface area contributed by atoms with Gasteiger partial charge in [0.15, 0.2) is 0 Å². The van der Waals surface area contributed by atoms with Crippen LogP contribution in [0.2, 0.25) is 0 Å². The van der Waals surface area contributed by atoms with Crippen LogP contribution in [0.3, 0.4) is 0 Å². The van der Waals surface area contributed by atoms with Gasteiger partial charge in [-0.25, -0.2) is 0 Å². The van der Waals surface area contributed by atoms with Crippen molar-refractivity contribution in [3.8, 4) is 0 Å². The molecule has 0 aromatic rings. The molecule has 1 unspecified atom stereocenters. The molecule has 0 radical (unpaired) electrons. The first kappa shape index (κ1) is 27.6. The van der Waals surface area contributed by atoms with Gasteiger partial charge in [0.2, 0.25) is 0 Å². The Hall–Kier alpha value is -1.44. The third-order valence-electron chi connectivity index (χ3n) is 3.71. The quantitative estimate of drug-likeness (QED) is 0.223. The van der Waals surface area contributed by atoms with Crippen molar-refractivity contribution in [3.63, 3.8) is 0 Å². The Kier molecular flexibility index (Phi) is 7.94. The maximum atomic E-state index is 13.6. The van der Waals surface area contributed by atoms with Gasteiger partial charge in [-0.1, -0.05) is 20.3 Å². The third-order valence-corrected chi connectivity index (χ3v) is 3.71. The van der Waals surface area contributed by atoms with Gasteiger partial charge >= 0.3 is 41.8 Å². The molecule has 0 N–H and O–H groups in total. The van der Waals surface area contributed by atoms with Gasteiger partial charge in [0.05, 0.1) is 12.5 Å². The molecule has 174 valence electrons. The van der Waals surface area contributed by atoms with Gasteiger partial charge in [0.1, 0.15) is 0 Å². The number of halogens is 13. The van der Waals surface area contributed by atoms with E-state index in [9.17, 15) is 61.9 Å². The average Bonchev–Trinajstić information content (AvgIpc) is 2.52. The van der Waals surface area contributed by atoms with E-state index in [1.54, 1.807) is 6.92 Å². The fraction of sp³-hybridized carbons (Fsp3) is 0.929. The summed E-state index contributed by atoms with van der Waals surface area (Å²) in [5.41, 5.74) is 0. The number of ether oxygens (including phenoxy) is 1. The summed E-state index contributed by atoms with van der Waals surface area (Å²) in [5.74, 6) is -41.2. The molecule has 0 fully saturated rings. The molecule has 1 atom stereocenters. The second-order valence-electron chi connectivity index (χ2n) is 6.13. The van der Waals surface area contributed by atoms with E-state index in [0.29, 0.717) is 13.3 Å². The fourth-order valence-corrected chi connectivity index (χ4v) is 1.86. The molecular weight excluding hydrogens is 447 g/mol. The molecule has 0 amide bonds. The Labute approximate surface area is 155 Å². The van der Waals surface area contributed by atoms with Crippen LogP contribution in [0.25, 0.3) is 0 Å². The van der Waals surface area contributed by atoms with Crippen molar-refractivity contribution in [2.24, 2.45) is 5.92 Å². The minimum atomic E-state index is -7.95. The van der Waals surface area contributed by atoms with E-state index in [2.05, 4.69) is 4.74 Å². The van der Waals surface area contributed by atoms with Crippen LogP contribution in [0.15, 0.2) is 0 Å². The van der Waals surface area contributed by atoms with Crippen LogP contribution >= 0.6 is 0 Å². The van der Waals surface area contributed by atoms with Gasteiger partial charge in [-0.15, -0.1) is 0 Å². The summed E-state index contributed by atoms with van der Waals surface area (Å²) >= 11 is 0. The van der Waals surface area contributed by atoms with Crippen molar-refractivity contribution in [2.75, 3.05) is 6.61 Å². The molecule has 0 aliphatic heterocycles. The van der Waals surface area contributed by atoms with E-state index in [1.165, 1.54) is 0 Å². The zero-order valence-corrected chi connectivity index (χ0v) is 14.6. The molecule has 0 bridgehead atoms. The standard InChI is InChI=1S/C14H15F13O2/c1-3-4-5-29-8(28)7(2)6-9(15,16)10(17,18)11(19,20)12(21,22)13(23,24)14(25,26)27/h7H,3-6H2,1-2H3. The van der Waals surface area contributed by atoms with Crippen molar-refractivity contribution in [3.05, 3.63) is 0 Å². The Morgan fingerprint density at radius 2 is 1.17 bits per heavy atom. The molecular formula is C14H15F13O2. The smallest absolute Gasteiger partial charge is 0.460 e. The Morgan fingerprint density at radius 1 is 0.759 bits per heavy atom. The lowest BCUT2D eigenvalue weighted by atomic mass is 9.89. The number of hydrogen-bond acceptors (Lipinski definition) is 2. The van der Waals surface area contributed by atoms with Gasteiger partial charge in [-0.2, -0.15) is 57.1 Å². The Bertz CT molecular complexity index is 568. The number of hydrogen-bond donors (Lipinski definition) is 0. The molecule has 0 aliphatic carbocycles. The summed E-state index contributed by atoms with van der Waals surface area (Å²) in [5, 5.41) is 0. The number of carbonyl (C=O) groups excluding carboxylic acids is 1. The SMILES string of the molecule is CCCCOC(=O)C(C)CC(F)(F)C(F)(F)C(F)(F)C(F)(F)C(F)(F)C(F)(F)F. The molecule has 0 saturated heterocycles. The number of esters is 1. The minimum Gasteiger partial charge on any atom is -0.465 e. The summed E-state index contributed by atoms with van der Waals surface area (Å²) in [4.78, 5) is 11.4. The first-order chi connectivity index (χ1) is 12.6. The van der Waals surface area contributed by atoms with Crippen molar-refractivity contribution >= 4 is 5.97 Å². The van der Waals surface area contributed by atoms with E-state index in [1.807, 2.05) is 0 Å². The topological polar surface area (TPSA) is 26.3 Å². The van der Waals surface area contributed by atoms with Gasteiger partial charge < -0.3 is 4.74 Å². The first-order valence-corrected chi connectivity index (χ1v) is 7.74. The van der Waals surface area contributed by atoms with Gasteiger partial charge in [0, 0.05) is 6.42 Å². The van der Waals surface area contributed by atoms with Crippen molar-refractivity contribution in [1.29, 1.82) is 0 Å². The van der Waals surface area contributed by atoms with Crippen molar-refractivity contribution in [1.82, 2.24) is 0 Å². The maximum Gasteiger partial charge on any atom is 0.460 e. The van der Waals surface area contributed by atoms with Crippen LogP contribution in [-0.4, -0.2) is 48.4 Å². The molecule has 29 heavy (non-hydrogen) atoms. The van der Waals surface area contributed by atoms with E-state index >= 15 is 0 Å². The molecule has 0 rings (SSSR count). The normalized spacial score (nSPS) is 16.0. The van der Waals surface area contributed by atoms with Gasteiger partial charge in [0.25, 0.3) is 0 Å². The highest BCUT2D eigenvalue weighted by atomic mass is 19.4. The van der Waals surface area contributed by atoms with Crippen LogP contribution in [0, 0.1) is 5.92 Å². The maximum absolute atomic E-state index is 13.6. The molecule has 15 heteroatoms. The lowest BCUT2D eigenvalue weighted by Crippen LogP contribution is -2.70. The summed E-state index contributed by atoms with van der Waals surface area (Å²) < 4.78 is 173. The minimum absolute atomic E-state index is 0.196. The molecule has 2 nitrogen and oxygen atoms in total. The van der Waals surface area contributed by atoms with Gasteiger partial charge in [-0.05, 0) is 6.42 Å². The second-order valence-corrected chi connectivity index (χ2v) is 6.13. The zero-order valence-electron chi connectivity index (χ0n) is 14.6. The molecule has 0 aliphatic rings. The monoisotopic (exact) mass is 462 g/mol. The van der Waals surface area contributed by atoms with Crippen LogP contribution in [0.5, 0.6) is 0 Å². The molecule has 0 spiro atoms. The third kappa shape index (κ3) is 4.84. The van der Waals surface area contributed by atoms with Crippen molar-refractivity contribution < 1.29 is 66.6 Å². The van der Waals surface area contributed by atoms with E-state index < -0.39 is 54.1 Å². The second kappa shape index (κ2) is 8.36.